The molecule has 2 saturated heterocycles. The summed E-state index contributed by atoms with van der Waals surface area (Å²) in [6.07, 6.45) is 0.132. The van der Waals surface area contributed by atoms with Crippen LogP contribution >= 0.6 is 11.6 Å². The third-order valence-electron chi connectivity index (χ3n) is 5.98. The normalized spacial score (nSPS) is 17.8. The van der Waals surface area contributed by atoms with Crippen molar-refractivity contribution < 1.29 is 22.7 Å². The molecule has 2 fully saturated rings. The molecule has 0 unspecified atom stereocenters. The van der Waals surface area contributed by atoms with Crippen molar-refractivity contribution in [3.8, 4) is 5.75 Å². The maximum Gasteiger partial charge on any atom is 0.246 e. The van der Waals surface area contributed by atoms with Crippen molar-refractivity contribution in [2.45, 2.75) is 11.3 Å². The summed E-state index contributed by atoms with van der Waals surface area (Å²) < 4.78 is 38.3. The lowest BCUT2D eigenvalue weighted by atomic mass is 10.1. The standard InChI is InChI=1S/C23H28ClN3O5S/c1-31-21-6-5-18(15-22(21)33(29,30)27-11-13-32-14-12-27)16-23(28)26-9-7-25(8-10-26)20-4-2-3-19(24)17-20/h2-6,15,17H,7-14,16H2,1H3. The van der Waals surface area contributed by atoms with E-state index in [2.05, 4.69) is 4.90 Å². The number of anilines is 1. The SMILES string of the molecule is COc1ccc(CC(=O)N2CCN(c3cccc(Cl)c3)CC2)cc1S(=O)(=O)N1CCOCC1. The molecule has 2 heterocycles. The second-order valence-electron chi connectivity index (χ2n) is 8.03. The molecule has 0 spiro atoms. The number of benzene rings is 2. The quantitative estimate of drug-likeness (QED) is 0.614. The van der Waals surface area contributed by atoms with E-state index in [1.54, 1.807) is 18.2 Å². The number of piperazine rings is 1. The first-order chi connectivity index (χ1) is 15.9. The van der Waals surface area contributed by atoms with Gasteiger partial charge in [0.2, 0.25) is 15.9 Å². The van der Waals surface area contributed by atoms with Crippen molar-refractivity contribution in [3.63, 3.8) is 0 Å². The van der Waals surface area contributed by atoms with Gasteiger partial charge in [-0.1, -0.05) is 23.7 Å². The Labute approximate surface area is 199 Å². The van der Waals surface area contributed by atoms with E-state index in [-0.39, 0.29) is 23.0 Å². The maximum atomic E-state index is 13.2. The fraction of sp³-hybridized carbons (Fsp3) is 0.435. The molecule has 0 aromatic heterocycles. The Balaban J connectivity index is 1.44. The van der Waals surface area contributed by atoms with Crippen LogP contribution in [0.1, 0.15) is 5.56 Å². The third kappa shape index (κ3) is 5.43. The smallest absolute Gasteiger partial charge is 0.246 e. The summed E-state index contributed by atoms with van der Waals surface area (Å²) >= 11 is 6.10. The molecule has 0 saturated carbocycles. The first-order valence-electron chi connectivity index (χ1n) is 10.9. The number of nitrogens with zero attached hydrogens (tertiary/aromatic N) is 3. The summed E-state index contributed by atoms with van der Waals surface area (Å²) in [5.41, 5.74) is 1.69. The average Bonchev–Trinajstić information content (AvgIpc) is 2.84. The largest absolute Gasteiger partial charge is 0.495 e. The Morgan fingerprint density at radius 3 is 2.42 bits per heavy atom. The molecule has 2 aliphatic rings. The Kier molecular flexibility index (Phi) is 7.43. The zero-order chi connectivity index (χ0) is 23.4. The Morgan fingerprint density at radius 1 is 1.03 bits per heavy atom. The molecule has 4 rings (SSSR count). The maximum absolute atomic E-state index is 13.2. The van der Waals surface area contributed by atoms with Crippen molar-refractivity contribution in [1.29, 1.82) is 0 Å². The number of hydrogen-bond acceptors (Lipinski definition) is 6. The van der Waals surface area contributed by atoms with Crippen LogP contribution in [-0.2, 0) is 26.0 Å². The van der Waals surface area contributed by atoms with Gasteiger partial charge < -0.3 is 19.3 Å². The predicted molar refractivity (Wildman–Crippen MR) is 127 cm³/mol. The molecular weight excluding hydrogens is 466 g/mol. The van der Waals surface area contributed by atoms with Crippen molar-refractivity contribution in [2.75, 3.05) is 64.5 Å². The van der Waals surface area contributed by atoms with Crippen molar-refractivity contribution >= 4 is 33.2 Å². The Morgan fingerprint density at radius 2 is 1.76 bits per heavy atom. The highest BCUT2D eigenvalue weighted by atomic mass is 35.5. The lowest BCUT2D eigenvalue weighted by molar-refractivity contribution is -0.130. The molecular formula is C23H28ClN3O5S. The molecule has 0 radical (unpaired) electrons. The van der Waals surface area contributed by atoms with E-state index in [1.165, 1.54) is 11.4 Å². The average molecular weight is 494 g/mol. The lowest BCUT2D eigenvalue weighted by Gasteiger charge is -2.36. The highest BCUT2D eigenvalue weighted by molar-refractivity contribution is 7.89. The number of sulfonamides is 1. The molecule has 178 valence electrons. The topological polar surface area (TPSA) is 79.4 Å². The van der Waals surface area contributed by atoms with E-state index in [9.17, 15) is 13.2 Å². The van der Waals surface area contributed by atoms with Crippen molar-refractivity contribution in [3.05, 3.63) is 53.1 Å². The highest BCUT2D eigenvalue weighted by Crippen LogP contribution is 2.29. The second kappa shape index (κ2) is 10.3. The molecule has 0 aliphatic carbocycles. The molecule has 10 heteroatoms. The van der Waals surface area contributed by atoms with Crippen molar-refractivity contribution in [2.24, 2.45) is 0 Å². The van der Waals surface area contributed by atoms with Gasteiger partial charge in [-0.3, -0.25) is 4.79 Å². The van der Waals surface area contributed by atoms with E-state index in [0.29, 0.717) is 63.1 Å². The van der Waals surface area contributed by atoms with Gasteiger partial charge in [0.25, 0.3) is 0 Å². The molecule has 0 atom stereocenters. The number of amides is 1. The fourth-order valence-electron chi connectivity index (χ4n) is 4.13. The number of carbonyl (C=O) groups excluding carboxylic acids is 1. The molecule has 33 heavy (non-hydrogen) atoms. The van der Waals surface area contributed by atoms with Gasteiger partial charge in [0, 0.05) is 50.0 Å². The number of ether oxygens (including phenoxy) is 2. The molecule has 2 aromatic rings. The van der Waals surface area contributed by atoms with Crippen LogP contribution in [0.15, 0.2) is 47.4 Å². The number of carbonyl (C=O) groups is 1. The first kappa shape index (κ1) is 23.8. The Hall–Kier alpha value is -2.33. The summed E-state index contributed by atoms with van der Waals surface area (Å²) in [7, 11) is -2.30. The van der Waals surface area contributed by atoms with Gasteiger partial charge in [0.15, 0.2) is 0 Å². The minimum atomic E-state index is -3.74. The summed E-state index contributed by atoms with van der Waals surface area (Å²) in [6.45, 7) is 3.94. The van der Waals surface area contributed by atoms with Crippen LogP contribution < -0.4 is 9.64 Å². The lowest BCUT2D eigenvalue weighted by Crippen LogP contribution is -2.49. The van der Waals surface area contributed by atoms with Crippen LogP contribution in [0.2, 0.25) is 5.02 Å². The number of methoxy groups -OCH3 is 1. The zero-order valence-corrected chi connectivity index (χ0v) is 20.1. The van der Waals surface area contributed by atoms with Gasteiger partial charge in [-0.2, -0.15) is 4.31 Å². The van der Waals surface area contributed by atoms with Crippen molar-refractivity contribution in [1.82, 2.24) is 9.21 Å². The number of morpholine rings is 1. The molecule has 0 N–H and O–H groups in total. The first-order valence-corrected chi connectivity index (χ1v) is 12.7. The highest BCUT2D eigenvalue weighted by Gasteiger charge is 2.30. The zero-order valence-electron chi connectivity index (χ0n) is 18.6. The molecule has 8 nitrogen and oxygen atoms in total. The van der Waals surface area contributed by atoms with Crippen LogP contribution in [-0.4, -0.2) is 83.1 Å². The minimum Gasteiger partial charge on any atom is -0.495 e. The van der Waals surface area contributed by atoms with Gasteiger partial charge in [-0.05, 0) is 35.9 Å². The second-order valence-corrected chi connectivity index (χ2v) is 10.4. The van der Waals surface area contributed by atoms with Gasteiger partial charge in [-0.15, -0.1) is 0 Å². The molecule has 2 aromatic carbocycles. The van der Waals surface area contributed by atoms with E-state index < -0.39 is 10.0 Å². The van der Waals surface area contributed by atoms with Crippen LogP contribution in [0, 0.1) is 0 Å². The molecule has 1 amide bonds. The molecule has 0 bridgehead atoms. The summed E-state index contributed by atoms with van der Waals surface area (Å²) in [6, 6.07) is 12.6. The van der Waals surface area contributed by atoms with Crippen LogP contribution in [0.5, 0.6) is 5.75 Å². The van der Waals surface area contributed by atoms with E-state index in [1.807, 2.05) is 29.2 Å². The summed E-state index contributed by atoms with van der Waals surface area (Å²) in [5.74, 6) is 0.244. The number of hydrogen-bond donors (Lipinski definition) is 0. The van der Waals surface area contributed by atoms with E-state index >= 15 is 0 Å². The van der Waals surface area contributed by atoms with Gasteiger partial charge in [0.1, 0.15) is 10.6 Å². The monoisotopic (exact) mass is 493 g/mol. The Bertz CT molecular complexity index is 1100. The fourth-order valence-corrected chi connectivity index (χ4v) is 5.93. The van der Waals surface area contributed by atoms with E-state index in [0.717, 1.165) is 5.69 Å². The van der Waals surface area contributed by atoms with E-state index in [4.69, 9.17) is 21.1 Å². The predicted octanol–water partition coefficient (Wildman–Crippen LogP) is 2.26. The van der Waals surface area contributed by atoms with Gasteiger partial charge in [-0.25, -0.2) is 8.42 Å². The minimum absolute atomic E-state index is 0.0272. The summed E-state index contributed by atoms with van der Waals surface area (Å²) in [4.78, 5) is 17.1. The van der Waals surface area contributed by atoms with Crippen LogP contribution in [0.25, 0.3) is 0 Å². The molecule has 2 aliphatic heterocycles. The van der Waals surface area contributed by atoms with Gasteiger partial charge >= 0.3 is 0 Å². The van der Waals surface area contributed by atoms with Gasteiger partial charge in [0.05, 0.1) is 26.7 Å². The summed E-state index contributed by atoms with van der Waals surface area (Å²) in [5, 5.41) is 0.688. The van der Waals surface area contributed by atoms with Crippen LogP contribution in [0.4, 0.5) is 5.69 Å². The number of halogens is 1. The van der Waals surface area contributed by atoms with Crippen LogP contribution in [0.3, 0.4) is 0 Å². The third-order valence-corrected chi connectivity index (χ3v) is 8.13. The number of rotatable bonds is 6.